The number of hydrogen-bond donors (Lipinski definition) is 0. The van der Waals surface area contributed by atoms with E-state index in [0.717, 1.165) is 44.7 Å². The van der Waals surface area contributed by atoms with Crippen LogP contribution >= 0.6 is 11.6 Å². The van der Waals surface area contributed by atoms with Gasteiger partial charge in [-0.25, -0.2) is 0 Å². The van der Waals surface area contributed by atoms with Crippen molar-refractivity contribution in [1.29, 1.82) is 0 Å². The molecular weight excluding hydrogens is 466 g/mol. The molecule has 2 fully saturated rings. The average molecular weight is 502 g/mol. The zero-order valence-corrected chi connectivity index (χ0v) is 21.5. The lowest BCUT2D eigenvalue weighted by Gasteiger charge is -2.43. The molecule has 0 spiro atoms. The van der Waals surface area contributed by atoms with Crippen LogP contribution in [0.4, 0.5) is 0 Å². The highest BCUT2D eigenvalue weighted by Crippen LogP contribution is 2.36. The number of nitrogens with zero attached hydrogens (tertiary/aromatic N) is 5. The van der Waals surface area contributed by atoms with E-state index in [2.05, 4.69) is 17.0 Å². The fraction of sp³-hybridized carbons (Fsp3) is 0.577. The molecule has 2 amide bonds. The average Bonchev–Trinajstić information content (AvgIpc) is 3.26. The summed E-state index contributed by atoms with van der Waals surface area (Å²) in [4.78, 5) is 32.6. The third-order valence-corrected chi connectivity index (χ3v) is 7.44. The summed E-state index contributed by atoms with van der Waals surface area (Å²) in [5.74, 6) is 0.926. The zero-order chi connectivity index (χ0) is 24.8. The third kappa shape index (κ3) is 6.76. The molecule has 190 valence electrons. The van der Waals surface area contributed by atoms with Crippen molar-refractivity contribution in [2.75, 3.05) is 52.9 Å². The van der Waals surface area contributed by atoms with Crippen LogP contribution in [0.15, 0.2) is 36.5 Å². The number of likely N-dealkylation sites (tertiary alicyclic amines) is 1. The van der Waals surface area contributed by atoms with Gasteiger partial charge in [-0.3, -0.25) is 14.3 Å². The van der Waals surface area contributed by atoms with E-state index in [1.165, 1.54) is 0 Å². The fourth-order valence-corrected chi connectivity index (χ4v) is 5.19. The number of amides is 2. The van der Waals surface area contributed by atoms with Crippen LogP contribution in [0.5, 0.6) is 5.75 Å². The predicted octanol–water partition coefficient (Wildman–Crippen LogP) is 3.09. The Labute approximate surface area is 212 Å². The first kappa shape index (κ1) is 25.5. The molecule has 2 aliphatic rings. The lowest BCUT2D eigenvalue weighted by Crippen LogP contribution is -2.53. The Morgan fingerprint density at radius 2 is 1.89 bits per heavy atom. The van der Waals surface area contributed by atoms with Gasteiger partial charge in [-0.05, 0) is 51.1 Å². The third-order valence-electron chi connectivity index (χ3n) is 7.20. The molecule has 4 rings (SSSR count). The molecule has 0 saturated carbocycles. The van der Waals surface area contributed by atoms with E-state index in [4.69, 9.17) is 16.3 Å². The number of carbonyl (C=O) groups is 2. The van der Waals surface area contributed by atoms with E-state index in [-0.39, 0.29) is 11.8 Å². The van der Waals surface area contributed by atoms with E-state index in [1.807, 2.05) is 45.7 Å². The van der Waals surface area contributed by atoms with Gasteiger partial charge in [0.25, 0.3) is 0 Å². The van der Waals surface area contributed by atoms with Crippen LogP contribution in [0.3, 0.4) is 0 Å². The summed E-state index contributed by atoms with van der Waals surface area (Å²) >= 11 is 6.15. The van der Waals surface area contributed by atoms with E-state index in [0.29, 0.717) is 49.9 Å². The molecule has 8 nitrogen and oxygen atoms in total. The summed E-state index contributed by atoms with van der Waals surface area (Å²) in [6.45, 7) is 7.39. The predicted molar refractivity (Wildman–Crippen MR) is 135 cm³/mol. The summed E-state index contributed by atoms with van der Waals surface area (Å²) in [5.41, 5.74) is 0.608. The van der Waals surface area contributed by atoms with Crippen molar-refractivity contribution in [2.24, 2.45) is 5.41 Å². The van der Waals surface area contributed by atoms with Crippen molar-refractivity contribution in [3.8, 4) is 5.75 Å². The highest BCUT2D eigenvalue weighted by Gasteiger charge is 2.41. The molecule has 1 aromatic carbocycles. The van der Waals surface area contributed by atoms with Crippen molar-refractivity contribution in [3.63, 3.8) is 0 Å². The van der Waals surface area contributed by atoms with Gasteiger partial charge >= 0.3 is 0 Å². The molecule has 2 aliphatic heterocycles. The van der Waals surface area contributed by atoms with Gasteiger partial charge in [-0.15, -0.1) is 0 Å². The standard InChI is InChI=1S/C26H36ClN5O3/c1-21-7-10-28-32(21)12-8-24(33)31-11-4-9-26(19-31,20-35-23-6-3-5-22(27)17-23)18-25(34)30-15-13-29(2)14-16-30/h3,5-7,10,17H,4,8-9,11-16,18-20H2,1-2H3/t26-/m0/s1. The molecule has 35 heavy (non-hydrogen) atoms. The second kappa shape index (κ2) is 11.4. The van der Waals surface area contributed by atoms with E-state index < -0.39 is 5.41 Å². The molecule has 1 aromatic heterocycles. The minimum absolute atomic E-state index is 0.0961. The van der Waals surface area contributed by atoms with Gasteiger partial charge in [-0.2, -0.15) is 5.10 Å². The van der Waals surface area contributed by atoms with Gasteiger partial charge in [-0.1, -0.05) is 17.7 Å². The molecule has 0 N–H and O–H groups in total. The molecule has 2 aromatic rings. The maximum absolute atomic E-state index is 13.4. The summed E-state index contributed by atoms with van der Waals surface area (Å²) in [6, 6.07) is 9.26. The van der Waals surface area contributed by atoms with Gasteiger partial charge in [0.15, 0.2) is 0 Å². The molecule has 0 unspecified atom stereocenters. The van der Waals surface area contributed by atoms with E-state index in [9.17, 15) is 9.59 Å². The van der Waals surface area contributed by atoms with Gasteiger partial charge < -0.3 is 19.4 Å². The van der Waals surface area contributed by atoms with Gasteiger partial charge in [0.2, 0.25) is 11.8 Å². The Morgan fingerprint density at radius 3 is 2.60 bits per heavy atom. The van der Waals surface area contributed by atoms with Crippen LogP contribution in [0.2, 0.25) is 5.02 Å². The van der Waals surface area contributed by atoms with E-state index >= 15 is 0 Å². The van der Waals surface area contributed by atoms with Crippen molar-refractivity contribution < 1.29 is 14.3 Å². The Morgan fingerprint density at radius 1 is 1.09 bits per heavy atom. The number of aryl methyl sites for hydroxylation is 2. The highest BCUT2D eigenvalue weighted by atomic mass is 35.5. The first-order valence-electron chi connectivity index (χ1n) is 12.4. The number of benzene rings is 1. The number of ether oxygens (including phenoxy) is 1. The normalized spacial score (nSPS) is 21.2. The molecule has 0 aliphatic carbocycles. The smallest absolute Gasteiger partial charge is 0.224 e. The molecule has 9 heteroatoms. The molecule has 2 saturated heterocycles. The minimum atomic E-state index is -0.432. The Bertz CT molecular complexity index is 1020. The molecule has 0 radical (unpaired) electrons. The second-order valence-electron chi connectivity index (χ2n) is 9.97. The molecule has 3 heterocycles. The summed E-state index contributed by atoms with van der Waals surface area (Å²) in [7, 11) is 2.08. The zero-order valence-electron chi connectivity index (χ0n) is 20.8. The van der Waals surface area contributed by atoms with Crippen LogP contribution < -0.4 is 4.74 Å². The molecule has 1 atom stereocenters. The lowest BCUT2D eigenvalue weighted by atomic mass is 9.77. The van der Waals surface area contributed by atoms with Gasteiger partial charge in [0, 0.05) is 81.0 Å². The number of halogens is 1. The Kier molecular flexibility index (Phi) is 8.34. The number of carbonyl (C=O) groups excluding carboxylic acids is 2. The number of likely N-dealkylation sites (N-methyl/N-ethyl adjacent to an activating group) is 1. The number of piperidine rings is 1. The van der Waals surface area contributed by atoms with Crippen molar-refractivity contribution in [1.82, 2.24) is 24.5 Å². The number of rotatable bonds is 8. The SMILES string of the molecule is Cc1ccnn1CCC(=O)N1CCC[C@](COc2cccc(Cl)c2)(CC(=O)N2CCN(C)CC2)C1. The first-order chi connectivity index (χ1) is 16.8. The second-order valence-corrected chi connectivity index (χ2v) is 10.4. The quantitative estimate of drug-likeness (QED) is 0.556. The Balaban J connectivity index is 1.45. The van der Waals surface area contributed by atoms with Gasteiger partial charge in [0.05, 0.1) is 6.61 Å². The van der Waals surface area contributed by atoms with Crippen LogP contribution in [0.1, 0.15) is 31.4 Å². The fourth-order valence-electron chi connectivity index (χ4n) is 5.01. The van der Waals surface area contributed by atoms with Crippen molar-refractivity contribution in [3.05, 3.63) is 47.2 Å². The maximum Gasteiger partial charge on any atom is 0.224 e. The number of aromatic nitrogens is 2. The van der Waals surface area contributed by atoms with Crippen molar-refractivity contribution in [2.45, 2.75) is 39.2 Å². The monoisotopic (exact) mass is 501 g/mol. The lowest BCUT2D eigenvalue weighted by molar-refractivity contribution is -0.142. The molecule has 0 bridgehead atoms. The summed E-state index contributed by atoms with van der Waals surface area (Å²) in [5, 5.41) is 4.90. The number of piperazine rings is 1. The molecular formula is C26H36ClN5O3. The number of hydrogen-bond acceptors (Lipinski definition) is 5. The topological polar surface area (TPSA) is 70.9 Å². The minimum Gasteiger partial charge on any atom is -0.493 e. The van der Waals surface area contributed by atoms with Crippen LogP contribution in [-0.4, -0.2) is 89.2 Å². The Hall–Kier alpha value is -2.58. The van der Waals surface area contributed by atoms with Crippen LogP contribution in [0, 0.1) is 12.3 Å². The largest absolute Gasteiger partial charge is 0.493 e. The maximum atomic E-state index is 13.4. The van der Waals surface area contributed by atoms with Crippen LogP contribution in [0.25, 0.3) is 0 Å². The summed E-state index contributed by atoms with van der Waals surface area (Å²) in [6.07, 6.45) is 4.21. The van der Waals surface area contributed by atoms with Crippen LogP contribution in [-0.2, 0) is 16.1 Å². The van der Waals surface area contributed by atoms with Gasteiger partial charge in [0.1, 0.15) is 5.75 Å². The summed E-state index contributed by atoms with van der Waals surface area (Å²) < 4.78 is 8.04. The first-order valence-corrected chi connectivity index (χ1v) is 12.8. The van der Waals surface area contributed by atoms with Crippen molar-refractivity contribution >= 4 is 23.4 Å². The van der Waals surface area contributed by atoms with E-state index in [1.54, 1.807) is 12.3 Å². The highest BCUT2D eigenvalue weighted by molar-refractivity contribution is 6.30.